The first-order chi connectivity index (χ1) is 9.56. The van der Waals surface area contributed by atoms with E-state index in [4.69, 9.17) is 16.3 Å². The average Bonchev–Trinajstić information content (AvgIpc) is 2.46. The second-order valence-electron chi connectivity index (χ2n) is 4.59. The van der Waals surface area contributed by atoms with Crippen LogP contribution in [-0.4, -0.2) is 24.1 Å². The van der Waals surface area contributed by atoms with Crippen molar-refractivity contribution in [2.24, 2.45) is 0 Å². The highest BCUT2D eigenvalue weighted by molar-refractivity contribution is 6.30. The molecule has 0 aliphatic carbocycles. The first-order valence-corrected chi connectivity index (χ1v) is 6.79. The lowest BCUT2D eigenvalue weighted by Gasteiger charge is -2.14. The van der Waals surface area contributed by atoms with Crippen molar-refractivity contribution in [3.63, 3.8) is 0 Å². The van der Waals surface area contributed by atoms with Crippen molar-refractivity contribution in [2.45, 2.75) is 19.9 Å². The van der Waals surface area contributed by atoms with Gasteiger partial charge in [-0.15, -0.1) is 0 Å². The van der Waals surface area contributed by atoms with Crippen LogP contribution in [0.3, 0.4) is 0 Å². The zero-order valence-corrected chi connectivity index (χ0v) is 12.8. The van der Waals surface area contributed by atoms with Crippen molar-refractivity contribution in [3.8, 4) is 17.1 Å². The van der Waals surface area contributed by atoms with Gasteiger partial charge in [0.05, 0.1) is 12.7 Å². The highest BCUT2D eigenvalue weighted by atomic mass is 35.5. The van der Waals surface area contributed by atoms with Gasteiger partial charge in [-0.2, -0.15) is 0 Å². The van der Waals surface area contributed by atoms with Gasteiger partial charge in [0, 0.05) is 28.5 Å². The summed E-state index contributed by atoms with van der Waals surface area (Å²) in [4.78, 5) is 9.02. The maximum atomic E-state index is 5.97. The van der Waals surface area contributed by atoms with Crippen LogP contribution in [0, 0.1) is 6.92 Å². The molecular formula is C15H18ClN3O. The number of aromatic nitrogens is 2. The zero-order chi connectivity index (χ0) is 14.7. The van der Waals surface area contributed by atoms with Gasteiger partial charge >= 0.3 is 0 Å². The van der Waals surface area contributed by atoms with Gasteiger partial charge in [0.2, 0.25) is 0 Å². The minimum Gasteiger partial charge on any atom is -0.496 e. The molecule has 1 atom stereocenters. The molecule has 0 aliphatic heterocycles. The molecule has 0 aliphatic rings. The Morgan fingerprint density at radius 2 is 2.10 bits per heavy atom. The van der Waals surface area contributed by atoms with E-state index < -0.39 is 0 Å². The van der Waals surface area contributed by atoms with E-state index in [-0.39, 0.29) is 6.04 Å². The molecule has 1 unspecified atom stereocenters. The largest absolute Gasteiger partial charge is 0.496 e. The number of halogens is 1. The summed E-state index contributed by atoms with van der Waals surface area (Å²) < 4.78 is 5.34. The number of nitrogens with zero attached hydrogens (tertiary/aromatic N) is 2. The van der Waals surface area contributed by atoms with E-state index in [0.717, 1.165) is 16.8 Å². The summed E-state index contributed by atoms with van der Waals surface area (Å²) in [5, 5.41) is 3.82. The summed E-state index contributed by atoms with van der Waals surface area (Å²) in [5.74, 6) is 1.31. The standard InChI is InChI=1S/C15H18ClN3O/c1-9(17-3)13-8-18-15(19-10(13)2)12-6-5-11(16)7-14(12)20-4/h5-9,17H,1-4H3. The molecule has 1 aromatic heterocycles. The number of hydrogen-bond acceptors (Lipinski definition) is 4. The topological polar surface area (TPSA) is 47.0 Å². The number of aryl methyl sites for hydroxylation is 1. The lowest BCUT2D eigenvalue weighted by molar-refractivity contribution is 0.416. The van der Waals surface area contributed by atoms with Gasteiger partial charge in [0.25, 0.3) is 0 Å². The highest BCUT2D eigenvalue weighted by Crippen LogP contribution is 2.30. The number of nitrogens with one attached hydrogen (secondary N) is 1. The summed E-state index contributed by atoms with van der Waals surface area (Å²) in [6.45, 7) is 4.06. The van der Waals surface area contributed by atoms with Crippen LogP contribution < -0.4 is 10.1 Å². The summed E-state index contributed by atoms with van der Waals surface area (Å²) >= 11 is 5.97. The van der Waals surface area contributed by atoms with Crippen LogP contribution in [0.25, 0.3) is 11.4 Å². The lowest BCUT2D eigenvalue weighted by atomic mass is 10.1. The second kappa shape index (κ2) is 6.20. The predicted molar refractivity (Wildman–Crippen MR) is 81.2 cm³/mol. The number of benzene rings is 1. The summed E-state index contributed by atoms with van der Waals surface area (Å²) in [5.41, 5.74) is 2.88. The Balaban J connectivity index is 2.47. The molecule has 2 rings (SSSR count). The molecule has 0 bridgehead atoms. The Morgan fingerprint density at radius 1 is 1.35 bits per heavy atom. The van der Waals surface area contributed by atoms with Crippen molar-refractivity contribution in [1.29, 1.82) is 0 Å². The molecule has 2 aromatic rings. The highest BCUT2D eigenvalue weighted by Gasteiger charge is 2.13. The first-order valence-electron chi connectivity index (χ1n) is 6.41. The van der Waals surface area contributed by atoms with Crippen molar-refractivity contribution < 1.29 is 4.74 Å². The number of rotatable bonds is 4. The third-order valence-electron chi connectivity index (χ3n) is 3.32. The minimum atomic E-state index is 0.219. The third kappa shape index (κ3) is 2.92. The average molecular weight is 292 g/mol. The van der Waals surface area contributed by atoms with E-state index in [0.29, 0.717) is 16.6 Å². The van der Waals surface area contributed by atoms with Crippen molar-refractivity contribution >= 4 is 11.6 Å². The Kier molecular flexibility index (Phi) is 4.57. The SMILES string of the molecule is CNC(C)c1cnc(-c2ccc(Cl)cc2OC)nc1C. The molecule has 1 N–H and O–H groups in total. The maximum Gasteiger partial charge on any atom is 0.163 e. The molecular weight excluding hydrogens is 274 g/mol. The zero-order valence-electron chi connectivity index (χ0n) is 12.1. The number of hydrogen-bond donors (Lipinski definition) is 1. The molecule has 0 spiro atoms. The van der Waals surface area contributed by atoms with Crippen LogP contribution in [0.2, 0.25) is 5.02 Å². The van der Waals surface area contributed by atoms with E-state index in [1.165, 1.54) is 0 Å². The van der Waals surface area contributed by atoms with Gasteiger partial charge in [-0.1, -0.05) is 11.6 Å². The van der Waals surface area contributed by atoms with E-state index in [1.807, 2.05) is 32.3 Å². The van der Waals surface area contributed by atoms with Gasteiger partial charge < -0.3 is 10.1 Å². The molecule has 20 heavy (non-hydrogen) atoms. The molecule has 5 heteroatoms. The minimum absolute atomic E-state index is 0.219. The molecule has 106 valence electrons. The third-order valence-corrected chi connectivity index (χ3v) is 3.56. The normalized spacial score (nSPS) is 12.2. The molecule has 0 radical (unpaired) electrons. The number of methoxy groups -OCH3 is 1. The first kappa shape index (κ1) is 14.8. The predicted octanol–water partition coefficient (Wildman–Crippen LogP) is 3.39. The van der Waals surface area contributed by atoms with E-state index in [9.17, 15) is 0 Å². The molecule has 0 saturated heterocycles. The maximum absolute atomic E-state index is 5.97. The Bertz CT molecular complexity index is 616. The second-order valence-corrected chi connectivity index (χ2v) is 5.03. The lowest BCUT2D eigenvalue weighted by Crippen LogP contribution is -2.15. The number of ether oxygens (including phenoxy) is 1. The molecule has 1 heterocycles. The van der Waals surface area contributed by atoms with Crippen LogP contribution in [0.15, 0.2) is 24.4 Å². The van der Waals surface area contributed by atoms with Crippen LogP contribution in [0.4, 0.5) is 0 Å². The van der Waals surface area contributed by atoms with Gasteiger partial charge in [0.1, 0.15) is 5.75 Å². The molecule has 4 nitrogen and oxygen atoms in total. The molecule has 1 aromatic carbocycles. The van der Waals surface area contributed by atoms with Gasteiger partial charge in [-0.3, -0.25) is 0 Å². The fourth-order valence-corrected chi connectivity index (χ4v) is 2.20. The summed E-state index contributed by atoms with van der Waals surface area (Å²) in [6.07, 6.45) is 1.85. The summed E-state index contributed by atoms with van der Waals surface area (Å²) in [7, 11) is 3.53. The molecule has 0 amide bonds. The van der Waals surface area contributed by atoms with Gasteiger partial charge in [-0.25, -0.2) is 9.97 Å². The van der Waals surface area contributed by atoms with E-state index >= 15 is 0 Å². The molecule has 0 fully saturated rings. The van der Waals surface area contributed by atoms with E-state index in [1.54, 1.807) is 13.2 Å². The Labute approximate surface area is 124 Å². The van der Waals surface area contributed by atoms with Gasteiger partial charge in [0.15, 0.2) is 5.82 Å². The molecule has 0 saturated carbocycles. The van der Waals surface area contributed by atoms with Crippen LogP contribution in [0.1, 0.15) is 24.2 Å². The Morgan fingerprint density at radius 3 is 2.70 bits per heavy atom. The smallest absolute Gasteiger partial charge is 0.163 e. The van der Waals surface area contributed by atoms with Crippen LogP contribution in [-0.2, 0) is 0 Å². The van der Waals surface area contributed by atoms with Crippen LogP contribution >= 0.6 is 11.6 Å². The fraction of sp³-hybridized carbons (Fsp3) is 0.333. The van der Waals surface area contributed by atoms with Crippen LogP contribution in [0.5, 0.6) is 5.75 Å². The fourth-order valence-electron chi connectivity index (χ4n) is 2.04. The van der Waals surface area contributed by atoms with Gasteiger partial charge in [-0.05, 0) is 39.1 Å². The monoisotopic (exact) mass is 291 g/mol. The van der Waals surface area contributed by atoms with Crippen molar-refractivity contribution in [1.82, 2.24) is 15.3 Å². The van der Waals surface area contributed by atoms with Crippen molar-refractivity contribution in [2.75, 3.05) is 14.2 Å². The summed E-state index contributed by atoms with van der Waals surface area (Å²) in [6, 6.07) is 5.66. The van der Waals surface area contributed by atoms with Crippen molar-refractivity contribution in [3.05, 3.63) is 40.7 Å². The van der Waals surface area contributed by atoms with E-state index in [2.05, 4.69) is 22.2 Å². The Hall–Kier alpha value is -1.65. The quantitative estimate of drug-likeness (QED) is 0.938.